The molecule has 2 atom stereocenters. The zero-order valence-corrected chi connectivity index (χ0v) is 18.2. The van der Waals surface area contributed by atoms with E-state index in [-0.39, 0.29) is 18.1 Å². The molecule has 166 valence electrons. The molecule has 2 fully saturated rings. The number of fused-ring (bicyclic) bond motifs is 1. The normalized spacial score (nSPS) is 22.8. The molecular weight excluding hydrogens is 420 g/mol. The summed E-state index contributed by atoms with van der Waals surface area (Å²) >= 11 is 0. The van der Waals surface area contributed by atoms with Gasteiger partial charge in [-0.2, -0.15) is 0 Å². The van der Waals surface area contributed by atoms with Gasteiger partial charge < -0.3 is 15.2 Å². The Kier molecular flexibility index (Phi) is 5.74. The summed E-state index contributed by atoms with van der Waals surface area (Å²) in [5.74, 6) is -0.859. The van der Waals surface area contributed by atoms with E-state index >= 15 is 0 Å². The first-order valence-electron chi connectivity index (χ1n) is 10.5. The number of rotatable bonds is 7. The molecule has 2 aliphatic heterocycles. The molecule has 1 aromatic carbocycles. The Morgan fingerprint density at radius 1 is 1.26 bits per heavy atom. The van der Waals surface area contributed by atoms with Crippen LogP contribution in [-0.4, -0.2) is 77.7 Å². The molecule has 1 aromatic heterocycles. The number of sulfone groups is 1. The Morgan fingerprint density at radius 2 is 2.03 bits per heavy atom. The van der Waals surface area contributed by atoms with Crippen molar-refractivity contribution in [3.05, 3.63) is 36.0 Å². The van der Waals surface area contributed by atoms with E-state index in [0.29, 0.717) is 25.8 Å². The number of nitrogens with one attached hydrogen (secondary N) is 2. The molecule has 3 heterocycles. The van der Waals surface area contributed by atoms with Gasteiger partial charge in [-0.3, -0.25) is 14.5 Å². The molecule has 4 amide bonds. The van der Waals surface area contributed by atoms with Crippen LogP contribution < -0.4 is 5.32 Å². The van der Waals surface area contributed by atoms with Crippen LogP contribution in [0.15, 0.2) is 30.5 Å². The number of hydrogen-bond donors (Lipinski definition) is 2. The molecule has 0 spiro atoms. The van der Waals surface area contributed by atoms with Crippen LogP contribution in [0.1, 0.15) is 25.3 Å². The monoisotopic (exact) mass is 446 g/mol. The fraction of sp³-hybridized carbons (Fsp3) is 0.476. The van der Waals surface area contributed by atoms with Gasteiger partial charge in [0.25, 0.3) is 5.91 Å². The largest absolute Gasteiger partial charge is 0.361 e. The van der Waals surface area contributed by atoms with E-state index in [1.165, 1.54) is 4.90 Å². The maximum absolute atomic E-state index is 12.9. The van der Waals surface area contributed by atoms with Crippen molar-refractivity contribution >= 4 is 38.6 Å². The number of carbonyl (C=O) groups is 3. The first kappa shape index (κ1) is 21.4. The van der Waals surface area contributed by atoms with Crippen molar-refractivity contribution in [1.29, 1.82) is 0 Å². The molecule has 10 heteroatoms. The summed E-state index contributed by atoms with van der Waals surface area (Å²) in [6.07, 6.45) is 3.18. The number of carbonyl (C=O) groups excluding carboxylic acids is 3. The predicted octanol–water partition coefficient (Wildman–Crippen LogP) is 1.06. The van der Waals surface area contributed by atoms with Crippen LogP contribution in [0.5, 0.6) is 0 Å². The van der Waals surface area contributed by atoms with E-state index in [4.69, 9.17) is 0 Å². The number of urea groups is 1. The number of H-pyrrole nitrogens is 1. The average molecular weight is 447 g/mol. The van der Waals surface area contributed by atoms with Gasteiger partial charge in [0, 0.05) is 36.1 Å². The van der Waals surface area contributed by atoms with Crippen LogP contribution in [-0.2, 0) is 25.8 Å². The summed E-state index contributed by atoms with van der Waals surface area (Å²) in [6, 6.07) is 5.96. The molecule has 0 bridgehead atoms. The van der Waals surface area contributed by atoms with E-state index < -0.39 is 39.8 Å². The van der Waals surface area contributed by atoms with Gasteiger partial charge in [-0.15, -0.1) is 0 Å². The first-order chi connectivity index (χ1) is 14.8. The lowest BCUT2D eigenvalue weighted by molar-refractivity contribution is -0.138. The summed E-state index contributed by atoms with van der Waals surface area (Å²) in [7, 11) is -3.15. The fourth-order valence-electron chi connectivity index (χ4n) is 4.38. The van der Waals surface area contributed by atoms with Crippen molar-refractivity contribution in [2.75, 3.05) is 24.6 Å². The molecule has 0 saturated carbocycles. The second-order valence-corrected chi connectivity index (χ2v) is 10.4. The van der Waals surface area contributed by atoms with Crippen molar-refractivity contribution in [3.63, 3.8) is 0 Å². The van der Waals surface area contributed by atoms with E-state index in [1.54, 1.807) is 0 Å². The highest BCUT2D eigenvalue weighted by Crippen LogP contribution is 2.22. The van der Waals surface area contributed by atoms with Crippen molar-refractivity contribution in [1.82, 2.24) is 20.1 Å². The smallest absolute Gasteiger partial charge is 0.325 e. The maximum Gasteiger partial charge on any atom is 0.325 e. The van der Waals surface area contributed by atoms with Gasteiger partial charge in [0.15, 0.2) is 9.84 Å². The van der Waals surface area contributed by atoms with Crippen molar-refractivity contribution in [3.8, 4) is 0 Å². The Balaban J connectivity index is 1.45. The SMILES string of the molecule is CCCN(C(=O)CN1C(=O)N[C@H](Cc2c[nH]c3ccccc23)C1=O)[C@@H]1CCS(=O)(=O)C1. The summed E-state index contributed by atoms with van der Waals surface area (Å²) < 4.78 is 23.7. The van der Waals surface area contributed by atoms with Gasteiger partial charge in [0.2, 0.25) is 5.91 Å². The standard InChI is InChI=1S/C21H26N4O5S/c1-2-8-24(15-7-9-31(29,30)13-15)19(26)12-25-20(27)18(23-21(25)28)10-14-11-22-17-6-4-3-5-16(14)17/h3-6,11,15,18,22H,2,7-10,12-13H2,1H3,(H,23,28)/t15-,18-/m1/s1. The number of nitrogens with zero attached hydrogens (tertiary/aromatic N) is 2. The van der Waals surface area contributed by atoms with Crippen LogP contribution in [0.2, 0.25) is 0 Å². The lowest BCUT2D eigenvalue weighted by Crippen LogP contribution is -2.48. The molecule has 0 radical (unpaired) electrons. The molecule has 2 saturated heterocycles. The van der Waals surface area contributed by atoms with Gasteiger partial charge in [-0.25, -0.2) is 13.2 Å². The summed E-state index contributed by atoms with van der Waals surface area (Å²) in [6.45, 7) is 1.90. The minimum absolute atomic E-state index is 0.0565. The molecule has 2 aromatic rings. The summed E-state index contributed by atoms with van der Waals surface area (Å²) in [5, 5.41) is 3.65. The van der Waals surface area contributed by atoms with Gasteiger partial charge in [0.1, 0.15) is 12.6 Å². The van der Waals surface area contributed by atoms with E-state index in [1.807, 2.05) is 37.4 Å². The summed E-state index contributed by atoms with van der Waals surface area (Å²) in [5.41, 5.74) is 1.86. The highest BCUT2D eigenvalue weighted by molar-refractivity contribution is 7.91. The number of benzene rings is 1. The number of amides is 4. The Hall–Kier alpha value is -2.88. The highest BCUT2D eigenvalue weighted by atomic mass is 32.2. The zero-order valence-electron chi connectivity index (χ0n) is 17.3. The van der Waals surface area contributed by atoms with Crippen molar-refractivity contribution < 1.29 is 22.8 Å². The Bertz CT molecular complexity index is 1130. The van der Waals surface area contributed by atoms with E-state index in [2.05, 4.69) is 10.3 Å². The molecule has 2 N–H and O–H groups in total. The van der Waals surface area contributed by atoms with Crippen LogP contribution in [0.3, 0.4) is 0 Å². The van der Waals surface area contributed by atoms with Gasteiger partial charge in [0.05, 0.1) is 11.5 Å². The van der Waals surface area contributed by atoms with Crippen LogP contribution in [0, 0.1) is 0 Å². The summed E-state index contributed by atoms with van der Waals surface area (Å²) in [4.78, 5) is 43.9. The molecular formula is C21H26N4O5S. The van der Waals surface area contributed by atoms with Gasteiger partial charge >= 0.3 is 6.03 Å². The number of aromatic nitrogens is 1. The fourth-order valence-corrected chi connectivity index (χ4v) is 6.12. The van der Waals surface area contributed by atoms with Crippen LogP contribution >= 0.6 is 0 Å². The second kappa shape index (κ2) is 8.33. The molecule has 9 nitrogen and oxygen atoms in total. The average Bonchev–Trinajstić information content (AvgIpc) is 3.38. The number of imide groups is 1. The van der Waals surface area contributed by atoms with Gasteiger partial charge in [-0.1, -0.05) is 25.1 Å². The molecule has 0 aliphatic carbocycles. The first-order valence-corrected chi connectivity index (χ1v) is 12.3. The zero-order chi connectivity index (χ0) is 22.2. The van der Waals surface area contributed by atoms with Crippen molar-refractivity contribution in [2.45, 2.75) is 38.3 Å². The quantitative estimate of drug-likeness (QED) is 0.616. The minimum Gasteiger partial charge on any atom is -0.361 e. The number of para-hydroxylation sites is 1. The number of hydrogen-bond acceptors (Lipinski definition) is 5. The van der Waals surface area contributed by atoms with Crippen LogP contribution in [0.25, 0.3) is 10.9 Å². The topological polar surface area (TPSA) is 120 Å². The highest BCUT2D eigenvalue weighted by Gasteiger charge is 2.41. The molecule has 0 unspecified atom stereocenters. The lowest BCUT2D eigenvalue weighted by Gasteiger charge is -2.29. The molecule has 31 heavy (non-hydrogen) atoms. The van der Waals surface area contributed by atoms with E-state index in [9.17, 15) is 22.8 Å². The van der Waals surface area contributed by atoms with E-state index in [0.717, 1.165) is 21.4 Å². The Labute approximate surface area is 180 Å². The predicted molar refractivity (Wildman–Crippen MR) is 115 cm³/mol. The molecule has 2 aliphatic rings. The lowest BCUT2D eigenvalue weighted by atomic mass is 10.1. The maximum atomic E-state index is 12.9. The third-order valence-electron chi connectivity index (χ3n) is 5.93. The third-order valence-corrected chi connectivity index (χ3v) is 7.68. The Morgan fingerprint density at radius 3 is 2.74 bits per heavy atom. The third kappa shape index (κ3) is 4.30. The minimum atomic E-state index is -3.15. The second-order valence-electron chi connectivity index (χ2n) is 8.13. The molecule has 4 rings (SSSR count). The number of aromatic amines is 1. The van der Waals surface area contributed by atoms with Gasteiger partial charge in [-0.05, 0) is 24.5 Å². The van der Waals surface area contributed by atoms with Crippen LogP contribution in [0.4, 0.5) is 4.79 Å². The van der Waals surface area contributed by atoms with Crippen molar-refractivity contribution in [2.24, 2.45) is 0 Å².